The van der Waals surface area contributed by atoms with Crippen LogP contribution in [0.1, 0.15) is 21.5 Å². The van der Waals surface area contributed by atoms with Crippen LogP contribution in [0.3, 0.4) is 0 Å². The number of amides is 2. The van der Waals surface area contributed by atoms with Crippen LogP contribution in [0.15, 0.2) is 78.9 Å². The van der Waals surface area contributed by atoms with Gasteiger partial charge in [-0.15, -0.1) is 0 Å². The first-order valence-corrected chi connectivity index (χ1v) is 10.3. The van der Waals surface area contributed by atoms with Crippen LogP contribution in [0.2, 0.25) is 5.02 Å². The molecular formula is C25H21ClF2N2O4. The Morgan fingerprint density at radius 2 is 1.56 bits per heavy atom. The lowest BCUT2D eigenvalue weighted by Gasteiger charge is -2.14. The number of carboxylic acid groups (broad SMARTS) is 1. The number of carboxylic acids is 1. The van der Waals surface area contributed by atoms with Crippen molar-refractivity contribution in [2.24, 2.45) is 5.73 Å². The SMILES string of the molecule is NC(=O)C(Cc1ccccc1)NC(=O)/C=C/c1c(F)ccc(Cl)c1F.O=C(O)c1ccccc1. The van der Waals surface area contributed by atoms with Gasteiger partial charge in [-0.25, -0.2) is 13.6 Å². The normalized spacial score (nSPS) is 11.3. The van der Waals surface area contributed by atoms with Crippen LogP contribution in [0.4, 0.5) is 8.78 Å². The molecule has 4 N–H and O–H groups in total. The first-order chi connectivity index (χ1) is 16.2. The fourth-order valence-corrected chi connectivity index (χ4v) is 2.89. The Balaban J connectivity index is 0.000000379. The molecule has 1 atom stereocenters. The summed E-state index contributed by atoms with van der Waals surface area (Å²) in [5, 5.41) is 10.5. The lowest BCUT2D eigenvalue weighted by Crippen LogP contribution is -2.45. The van der Waals surface area contributed by atoms with Crippen LogP contribution in [-0.4, -0.2) is 28.9 Å². The van der Waals surface area contributed by atoms with Gasteiger partial charge in [0.1, 0.15) is 11.9 Å². The van der Waals surface area contributed by atoms with E-state index < -0.39 is 41.0 Å². The van der Waals surface area contributed by atoms with Crippen LogP contribution in [-0.2, 0) is 16.0 Å². The van der Waals surface area contributed by atoms with Crippen molar-refractivity contribution in [3.63, 3.8) is 0 Å². The van der Waals surface area contributed by atoms with E-state index >= 15 is 0 Å². The third-order valence-electron chi connectivity index (χ3n) is 4.44. The van der Waals surface area contributed by atoms with E-state index in [9.17, 15) is 23.2 Å². The summed E-state index contributed by atoms with van der Waals surface area (Å²) in [5.74, 6) is -4.14. The molecule has 0 aliphatic heterocycles. The molecule has 0 spiro atoms. The quantitative estimate of drug-likeness (QED) is 0.343. The topological polar surface area (TPSA) is 109 Å². The molecule has 0 bridgehead atoms. The fraction of sp³-hybridized carbons (Fsp3) is 0.0800. The van der Waals surface area contributed by atoms with Gasteiger partial charge in [0.2, 0.25) is 11.8 Å². The van der Waals surface area contributed by atoms with E-state index in [0.29, 0.717) is 5.56 Å². The van der Waals surface area contributed by atoms with Crippen molar-refractivity contribution in [2.75, 3.05) is 0 Å². The first-order valence-electron chi connectivity index (χ1n) is 9.92. The highest BCUT2D eigenvalue weighted by Gasteiger charge is 2.18. The molecule has 2 amide bonds. The van der Waals surface area contributed by atoms with E-state index in [1.807, 2.05) is 6.07 Å². The standard InChI is InChI=1S/C18H15ClF2N2O2.C7H6O2/c19-13-7-8-14(20)12(17(13)21)6-9-16(24)23-15(18(22)25)10-11-4-2-1-3-5-11;8-7(9)6-4-2-1-3-5-6/h1-9,15H,10H2,(H2,22,25)(H,23,24);1-5H,(H,8,9)/b9-6+;. The van der Waals surface area contributed by atoms with Gasteiger partial charge in [0.25, 0.3) is 0 Å². The molecule has 9 heteroatoms. The van der Waals surface area contributed by atoms with E-state index in [0.717, 1.165) is 29.8 Å². The number of primary amides is 1. The van der Waals surface area contributed by atoms with Crippen molar-refractivity contribution >= 4 is 35.5 Å². The summed E-state index contributed by atoms with van der Waals surface area (Å²) >= 11 is 5.58. The Morgan fingerprint density at radius 1 is 0.971 bits per heavy atom. The van der Waals surface area contributed by atoms with Gasteiger partial charge >= 0.3 is 5.97 Å². The predicted octanol–water partition coefficient (Wildman–Crippen LogP) is 4.23. The lowest BCUT2D eigenvalue weighted by molar-refractivity contribution is -0.124. The summed E-state index contributed by atoms with van der Waals surface area (Å²) in [7, 11) is 0. The summed E-state index contributed by atoms with van der Waals surface area (Å²) in [6, 6.07) is 18.4. The largest absolute Gasteiger partial charge is 0.478 e. The lowest BCUT2D eigenvalue weighted by atomic mass is 10.1. The second-order valence-corrected chi connectivity index (χ2v) is 7.32. The maximum atomic E-state index is 13.8. The van der Waals surface area contributed by atoms with E-state index in [1.54, 1.807) is 54.6 Å². The zero-order chi connectivity index (χ0) is 25.1. The predicted molar refractivity (Wildman–Crippen MR) is 125 cm³/mol. The number of benzene rings is 3. The molecule has 34 heavy (non-hydrogen) atoms. The zero-order valence-corrected chi connectivity index (χ0v) is 18.5. The van der Waals surface area contributed by atoms with Crippen molar-refractivity contribution in [3.8, 4) is 0 Å². The second kappa shape index (κ2) is 12.9. The molecule has 0 aromatic heterocycles. The maximum absolute atomic E-state index is 13.8. The molecule has 176 valence electrons. The van der Waals surface area contributed by atoms with Crippen molar-refractivity contribution in [1.29, 1.82) is 0 Å². The molecule has 3 aromatic rings. The molecule has 0 saturated carbocycles. The number of aromatic carboxylic acids is 1. The molecule has 0 heterocycles. The summed E-state index contributed by atoms with van der Waals surface area (Å²) in [5.41, 5.74) is 5.99. The molecule has 3 rings (SSSR count). The van der Waals surface area contributed by atoms with Crippen LogP contribution in [0, 0.1) is 11.6 Å². The number of halogens is 3. The Labute approximate surface area is 199 Å². The Hall–Kier alpha value is -4.04. The third-order valence-corrected chi connectivity index (χ3v) is 4.74. The maximum Gasteiger partial charge on any atom is 0.335 e. The minimum absolute atomic E-state index is 0.204. The molecule has 0 aliphatic carbocycles. The van der Waals surface area contributed by atoms with Gasteiger partial charge in [0.15, 0.2) is 5.82 Å². The second-order valence-electron chi connectivity index (χ2n) is 6.91. The van der Waals surface area contributed by atoms with E-state index in [-0.39, 0.29) is 11.4 Å². The van der Waals surface area contributed by atoms with Gasteiger partial charge in [0.05, 0.1) is 10.6 Å². The Kier molecular flexibility index (Phi) is 9.91. The Morgan fingerprint density at radius 3 is 2.09 bits per heavy atom. The van der Waals surface area contributed by atoms with Gasteiger partial charge in [-0.2, -0.15) is 0 Å². The van der Waals surface area contributed by atoms with Gasteiger partial charge in [-0.3, -0.25) is 9.59 Å². The minimum Gasteiger partial charge on any atom is -0.478 e. The van der Waals surface area contributed by atoms with Crippen molar-refractivity contribution < 1.29 is 28.3 Å². The Bertz CT molecular complexity index is 1170. The molecule has 0 saturated heterocycles. The molecule has 0 fully saturated rings. The van der Waals surface area contributed by atoms with Gasteiger partial charge < -0.3 is 16.2 Å². The average molecular weight is 487 g/mol. The summed E-state index contributed by atoms with van der Waals surface area (Å²) in [4.78, 5) is 33.7. The van der Waals surface area contributed by atoms with Crippen molar-refractivity contribution in [2.45, 2.75) is 12.5 Å². The summed E-state index contributed by atoms with van der Waals surface area (Å²) < 4.78 is 27.4. The van der Waals surface area contributed by atoms with Gasteiger partial charge in [-0.1, -0.05) is 60.1 Å². The van der Waals surface area contributed by atoms with Gasteiger partial charge in [-0.05, 0) is 35.9 Å². The minimum atomic E-state index is -0.971. The molecular weight excluding hydrogens is 466 g/mol. The van der Waals surface area contributed by atoms with Crippen LogP contribution in [0.25, 0.3) is 6.08 Å². The van der Waals surface area contributed by atoms with Crippen LogP contribution >= 0.6 is 11.6 Å². The number of nitrogens with two attached hydrogens (primary N) is 1. The highest BCUT2D eigenvalue weighted by molar-refractivity contribution is 6.30. The average Bonchev–Trinajstić information content (AvgIpc) is 2.82. The third kappa shape index (κ3) is 8.14. The van der Waals surface area contributed by atoms with Gasteiger partial charge in [0, 0.05) is 18.1 Å². The van der Waals surface area contributed by atoms with Crippen molar-refractivity contribution in [1.82, 2.24) is 5.32 Å². The highest BCUT2D eigenvalue weighted by atomic mass is 35.5. The molecule has 6 nitrogen and oxygen atoms in total. The van der Waals surface area contributed by atoms with Crippen molar-refractivity contribution in [3.05, 3.63) is 112 Å². The van der Waals surface area contributed by atoms with Crippen LogP contribution in [0.5, 0.6) is 0 Å². The number of hydrogen-bond donors (Lipinski definition) is 3. The molecule has 3 aromatic carbocycles. The van der Waals surface area contributed by atoms with E-state index in [4.69, 9.17) is 22.4 Å². The number of carbonyl (C=O) groups is 3. The zero-order valence-electron chi connectivity index (χ0n) is 17.8. The summed E-state index contributed by atoms with van der Waals surface area (Å²) in [6.07, 6.45) is 2.07. The fourth-order valence-electron chi connectivity index (χ4n) is 2.73. The number of carbonyl (C=O) groups excluding carboxylic acids is 2. The number of nitrogens with one attached hydrogen (secondary N) is 1. The highest BCUT2D eigenvalue weighted by Crippen LogP contribution is 2.22. The van der Waals surface area contributed by atoms with E-state index in [2.05, 4.69) is 5.32 Å². The molecule has 0 aliphatic rings. The number of hydrogen-bond acceptors (Lipinski definition) is 3. The molecule has 0 radical (unpaired) electrons. The smallest absolute Gasteiger partial charge is 0.335 e. The van der Waals surface area contributed by atoms with Crippen LogP contribution < -0.4 is 11.1 Å². The van der Waals surface area contributed by atoms with E-state index in [1.165, 1.54) is 0 Å². The monoisotopic (exact) mass is 486 g/mol. The summed E-state index contributed by atoms with van der Waals surface area (Å²) in [6.45, 7) is 0. The number of rotatable bonds is 7. The molecule has 1 unspecified atom stereocenters. The first kappa shape index (κ1) is 26.2.